The van der Waals surface area contributed by atoms with E-state index < -0.39 is 0 Å². The molecule has 0 aliphatic heterocycles. The molecule has 13 heavy (non-hydrogen) atoms. The van der Waals surface area contributed by atoms with E-state index >= 15 is 0 Å². The maximum absolute atomic E-state index is 5.70. The highest BCUT2D eigenvalue weighted by molar-refractivity contribution is 5.06. The summed E-state index contributed by atoms with van der Waals surface area (Å²) in [7, 11) is 0. The van der Waals surface area contributed by atoms with Crippen molar-refractivity contribution in [3.63, 3.8) is 0 Å². The average Bonchev–Trinajstić information content (AvgIpc) is 1.82. The highest BCUT2D eigenvalue weighted by Crippen LogP contribution is 2.21. The third-order valence-electron chi connectivity index (χ3n) is 1.75. The van der Waals surface area contributed by atoms with Crippen LogP contribution in [-0.2, 0) is 4.74 Å². The summed E-state index contributed by atoms with van der Waals surface area (Å²) in [5.41, 5.74) is -0.314. The Kier molecular flexibility index (Phi) is 3.98. The highest BCUT2D eigenvalue weighted by atomic mass is 16.5. The van der Waals surface area contributed by atoms with Crippen LogP contribution in [0, 0.1) is 0 Å². The van der Waals surface area contributed by atoms with Crippen LogP contribution in [0.1, 0.15) is 41.5 Å². The van der Waals surface area contributed by atoms with Crippen molar-refractivity contribution in [3.8, 4) is 0 Å². The molecule has 0 radical (unpaired) electrons. The minimum atomic E-state index is -0.163. The average molecular weight is 185 g/mol. The van der Waals surface area contributed by atoms with Gasteiger partial charge in [0.15, 0.2) is 0 Å². The van der Waals surface area contributed by atoms with E-state index in [1.807, 2.05) is 20.8 Å². The summed E-state index contributed by atoms with van der Waals surface area (Å²) in [6, 6.07) is 0. The second kappa shape index (κ2) is 4.14. The summed E-state index contributed by atoms with van der Waals surface area (Å²) in [5.74, 6) is 0.793. The van der Waals surface area contributed by atoms with Gasteiger partial charge in [0.05, 0.1) is 5.54 Å². The van der Waals surface area contributed by atoms with Crippen molar-refractivity contribution in [1.29, 1.82) is 0 Å². The molecular weight excluding hydrogens is 162 g/mol. The predicted molar refractivity (Wildman–Crippen MR) is 57.7 cm³/mol. The van der Waals surface area contributed by atoms with Gasteiger partial charge in [0.1, 0.15) is 11.4 Å². The first-order valence-corrected chi connectivity index (χ1v) is 4.82. The zero-order valence-electron chi connectivity index (χ0n) is 9.82. The lowest BCUT2D eigenvalue weighted by molar-refractivity contribution is 0.0284. The first-order valence-electron chi connectivity index (χ1n) is 4.82. The first kappa shape index (κ1) is 12.5. The number of likely N-dealkylation sites (N-methyl/N-ethyl adjacent to an activating group) is 1. The zero-order valence-corrected chi connectivity index (χ0v) is 9.82. The van der Waals surface area contributed by atoms with E-state index in [1.165, 1.54) is 0 Å². The van der Waals surface area contributed by atoms with Crippen LogP contribution in [-0.4, -0.2) is 17.7 Å². The van der Waals surface area contributed by atoms with Gasteiger partial charge in [-0.25, -0.2) is 0 Å². The molecule has 0 atom stereocenters. The molecule has 0 aliphatic carbocycles. The molecule has 0 saturated heterocycles. The molecule has 0 aromatic carbocycles. The lowest BCUT2D eigenvalue weighted by Crippen LogP contribution is -2.43. The molecule has 0 unspecified atom stereocenters. The molecule has 0 aromatic rings. The zero-order chi connectivity index (χ0) is 10.7. The fourth-order valence-corrected chi connectivity index (χ4v) is 1.04. The quantitative estimate of drug-likeness (QED) is 0.680. The second-order valence-electron chi connectivity index (χ2n) is 4.79. The molecule has 0 rings (SSSR count). The Hall–Kier alpha value is -0.500. The normalized spacial score (nSPS) is 12.8. The van der Waals surface area contributed by atoms with Gasteiger partial charge in [-0.2, -0.15) is 0 Å². The van der Waals surface area contributed by atoms with Crippen LogP contribution in [0.4, 0.5) is 0 Å². The summed E-state index contributed by atoms with van der Waals surface area (Å²) in [4.78, 5) is 0. The van der Waals surface area contributed by atoms with Gasteiger partial charge in [-0.05, 0) is 41.2 Å². The number of ether oxygens (including phenoxy) is 1. The Bertz CT molecular complexity index is 177. The first-order chi connectivity index (χ1) is 5.69. The Balaban J connectivity index is 4.25. The van der Waals surface area contributed by atoms with Crippen molar-refractivity contribution in [2.24, 2.45) is 0 Å². The Labute approximate surface area is 82.4 Å². The van der Waals surface area contributed by atoms with E-state index in [-0.39, 0.29) is 11.1 Å². The van der Waals surface area contributed by atoms with Crippen LogP contribution >= 0.6 is 0 Å². The standard InChI is InChI=1S/C11H23NO/c1-8-12-11(6,7)9(2)13-10(3,4)5/h12H,2,8H2,1,3-7H3. The predicted octanol–water partition coefficient (Wildman–Crippen LogP) is 2.70. The molecule has 78 valence electrons. The molecular formula is C11H23NO. The molecule has 2 heteroatoms. The van der Waals surface area contributed by atoms with E-state index in [1.54, 1.807) is 0 Å². The van der Waals surface area contributed by atoms with E-state index in [2.05, 4.69) is 32.7 Å². The third kappa shape index (κ3) is 4.94. The van der Waals surface area contributed by atoms with Crippen molar-refractivity contribution in [2.75, 3.05) is 6.54 Å². The second-order valence-corrected chi connectivity index (χ2v) is 4.79. The maximum atomic E-state index is 5.70. The van der Waals surface area contributed by atoms with Gasteiger partial charge in [0, 0.05) is 0 Å². The molecule has 0 fully saturated rings. The van der Waals surface area contributed by atoms with Crippen LogP contribution in [0.3, 0.4) is 0 Å². The molecule has 0 bridgehead atoms. The summed E-state index contributed by atoms with van der Waals surface area (Å²) in [5, 5.41) is 3.32. The smallest absolute Gasteiger partial charge is 0.109 e. The molecule has 0 saturated carbocycles. The molecule has 0 aliphatic rings. The summed E-state index contributed by atoms with van der Waals surface area (Å²) in [6.45, 7) is 17.2. The van der Waals surface area contributed by atoms with E-state index in [0.717, 1.165) is 12.3 Å². The number of hydrogen-bond acceptors (Lipinski definition) is 2. The summed E-state index contributed by atoms with van der Waals surface area (Å²) < 4.78 is 5.70. The van der Waals surface area contributed by atoms with Crippen molar-refractivity contribution < 1.29 is 4.74 Å². The van der Waals surface area contributed by atoms with Crippen LogP contribution in [0.2, 0.25) is 0 Å². The van der Waals surface area contributed by atoms with Gasteiger partial charge < -0.3 is 10.1 Å². The number of hydrogen-bond donors (Lipinski definition) is 1. The Morgan fingerprint density at radius 2 is 1.69 bits per heavy atom. The Morgan fingerprint density at radius 1 is 1.23 bits per heavy atom. The number of nitrogens with one attached hydrogen (secondary N) is 1. The minimum absolute atomic E-state index is 0.151. The van der Waals surface area contributed by atoms with Crippen molar-refractivity contribution in [2.45, 2.75) is 52.7 Å². The van der Waals surface area contributed by atoms with Crippen LogP contribution in [0.5, 0.6) is 0 Å². The van der Waals surface area contributed by atoms with Gasteiger partial charge in [0.25, 0.3) is 0 Å². The van der Waals surface area contributed by atoms with Gasteiger partial charge in [0.2, 0.25) is 0 Å². The van der Waals surface area contributed by atoms with Crippen molar-refractivity contribution in [1.82, 2.24) is 5.32 Å². The molecule has 1 N–H and O–H groups in total. The van der Waals surface area contributed by atoms with Crippen LogP contribution in [0.25, 0.3) is 0 Å². The molecule has 0 amide bonds. The minimum Gasteiger partial charge on any atom is -0.491 e. The lowest BCUT2D eigenvalue weighted by Gasteiger charge is -2.33. The fourth-order valence-electron chi connectivity index (χ4n) is 1.04. The topological polar surface area (TPSA) is 21.3 Å². The maximum Gasteiger partial charge on any atom is 0.109 e. The van der Waals surface area contributed by atoms with E-state index in [4.69, 9.17) is 4.74 Å². The third-order valence-corrected chi connectivity index (χ3v) is 1.75. The molecule has 2 nitrogen and oxygen atoms in total. The summed E-state index contributed by atoms with van der Waals surface area (Å²) >= 11 is 0. The fraction of sp³-hybridized carbons (Fsp3) is 0.818. The molecule has 0 spiro atoms. The summed E-state index contributed by atoms with van der Waals surface area (Å²) in [6.07, 6.45) is 0. The van der Waals surface area contributed by atoms with Crippen LogP contribution < -0.4 is 5.32 Å². The molecule has 0 aromatic heterocycles. The van der Waals surface area contributed by atoms with Crippen molar-refractivity contribution in [3.05, 3.63) is 12.3 Å². The lowest BCUT2D eigenvalue weighted by atomic mass is 10.0. The number of rotatable bonds is 4. The van der Waals surface area contributed by atoms with Gasteiger partial charge in [-0.1, -0.05) is 13.5 Å². The monoisotopic (exact) mass is 185 g/mol. The van der Waals surface area contributed by atoms with Gasteiger partial charge >= 0.3 is 0 Å². The molecule has 0 heterocycles. The SMILES string of the molecule is C=C(OC(C)(C)C)C(C)(C)NCC. The van der Waals surface area contributed by atoms with E-state index in [9.17, 15) is 0 Å². The van der Waals surface area contributed by atoms with Crippen molar-refractivity contribution >= 4 is 0 Å². The van der Waals surface area contributed by atoms with Gasteiger partial charge in [-0.15, -0.1) is 0 Å². The largest absolute Gasteiger partial charge is 0.491 e. The van der Waals surface area contributed by atoms with Gasteiger partial charge in [-0.3, -0.25) is 0 Å². The Morgan fingerprint density at radius 3 is 2.00 bits per heavy atom. The highest BCUT2D eigenvalue weighted by Gasteiger charge is 2.25. The van der Waals surface area contributed by atoms with Crippen LogP contribution in [0.15, 0.2) is 12.3 Å². The van der Waals surface area contributed by atoms with E-state index in [0.29, 0.717) is 0 Å².